The van der Waals surface area contributed by atoms with E-state index in [0.29, 0.717) is 60.0 Å². The van der Waals surface area contributed by atoms with Gasteiger partial charge in [0.1, 0.15) is 41.4 Å². The number of ether oxygens (including phenoxy) is 1. The van der Waals surface area contributed by atoms with Crippen LogP contribution in [0.2, 0.25) is 0 Å². The van der Waals surface area contributed by atoms with Gasteiger partial charge in [0, 0.05) is 37.8 Å². The van der Waals surface area contributed by atoms with Crippen LogP contribution in [0.25, 0.3) is 32.9 Å². The Morgan fingerprint density at radius 2 is 2.02 bits per heavy atom. The van der Waals surface area contributed by atoms with E-state index in [0.717, 1.165) is 32.2 Å². The lowest BCUT2D eigenvalue weighted by atomic mass is 9.94. The van der Waals surface area contributed by atoms with E-state index in [2.05, 4.69) is 20.9 Å². The van der Waals surface area contributed by atoms with E-state index in [1.165, 1.54) is 24.4 Å². The van der Waals surface area contributed by atoms with Gasteiger partial charge in [0.05, 0.1) is 22.9 Å². The third kappa shape index (κ3) is 4.76. The molecular weight excluding hydrogens is 569 g/mol. The first-order valence-corrected chi connectivity index (χ1v) is 15.3. The van der Waals surface area contributed by atoms with Crippen LogP contribution in [0, 0.1) is 28.9 Å². The molecule has 0 spiro atoms. The van der Waals surface area contributed by atoms with Crippen LogP contribution in [0.3, 0.4) is 0 Å². The molecule has 1 unspecified atom stereocenters. The lowest BCUT2D eigenvalue weighted by Gasteiger charge is -2.32. The van der Waals surface area contributed by atoms with Crippen LogP contribution in [-0.4, -0.2) is 69.5 Å². The minimum absolute atomic E-state index is 0.0319. The Kier molecular flexibility index (Phi) is 7.20. The molecule has 0 aliphatic carbocycles. The van der Waals surface area contributed by atoms with E-state index in [4.69, 9.17) is 9.72 Å². The van der Waals surface area contributed by atoms with Gasteiger partial charge in [-0.25, -0.2) is 13.2 Å². The van der Waals surface area contributed by atoms with E-state index in [-0.39, 0.29) is 41.1 Å². The van der Waals surface area contributed by atoms with Crippen molar-refractivity contribution in [2.75, 3.05) is 37.7 Å². The van der Waals surface area contributed by atoms with Gasteiger partial charge in [-0.15, -0.1) is 0 Å². The smallest absolute Gasteiger partial charge is 0.319 e. The number of hydrogen-bond donors (Lipinski definition) is 1. The number of anilines is 1. The summed E-state index contributed by atoms with van der Waals surface area (Å²) in [7, 11) is 0. The van der Waals surface area contributed by atoms with Gasteiger partial charge < -0.3 is 14.7 Å². The predicted octanol–water partition coefficient (Wildman–Crippen LogP) is 6.09. The lowest BCUT2D eigenvalue weighted by Crippen LogP contribution is -2.43. The molecule has 8 nitrogen and oxygen atoms in total. The van der Waals surface area contributed by atoms with E-state index in [9.17, 15) is 19.1 Å². The molecule has 3 atom stereocenters. The number of nitrogens with zero attached hydrogens (tertiary/aromatic N) is 6. The fraction of sp³-hybridized carbons (Fsp3) is 0.455. The number of halogens is 3. The minimum atomic E-state index is -0.927. The number of benzene rings is 2. The predicted molar refractivity (Wildman–Crippen MR) is 160 cm³/mol. The number of phenolic OH excluding ortho intramolecular Hbond substituents is 1. The highest BCUT2D eigenvalue weighted by atomic mass is 19.1. The summed E-state index contributed by atoms with van der Waals surface area (Å²) in [4.78, 5) is 17.8. The number of phenols is 1. The molecule has 2 aromatic carbocycles. The SMILES string of the molecule is CCc1c(F)ccc2cc(O)cc(-c3ncc4c(N5CCCC(C#N)C5)nc(OC[C@@]56CCCN5C[C@H](F)C6)nc4c3F)c12. The third-order valence-electron chi connectivity index (χ3n) is 9.54. The Morgan fingerprint density at radius 3 is 2.84 bits per heavy atom. The van der Waals surface area contributed by atoms with Crippen LogP contribution in [0.1, 0.15) is 44.6 Å². The first-order chi connectivity index (χ1) is 21.3. The summed E-state index contributed by atoms with van der Waals surface area (Å²) in [6, 6.07) is 8.10. The van der Waals surface area contributed by atoms with E-state index in [1.54, 1.807) is 6.07 Å². The Balaban J connectivity index is 1.38. The number of piperidine rings is 1. The van der Waals surface area contributed by atoms with Crippen molar-refractivity contribution in [1.29, 1.82) is 5.26 Å². The lowest BCUT2D eigenvalue weighted by molar-refractivity contribution is 0.107. The molecule has 3 aliphatic rings. The molecule has 3 aliphatic heterocycles. The number of aromatic hydroxyl groups is 1. The standard InChI is InChI=1S/C33H33F3N6O2/c1-2-23-26(35)7-6-20-11-22(43)12-24(27(20)23)29-28(36)30-25(15-38-29)31(41-9-3-5-19(14-37)16-41)40-32(39-30)44-18-33-8-4-10-42(33)17-21(34)13-33/h6-7,11-12,15,19,21,43H,2-5,8-10,13,16-18H2,1H3/t19?,21-,33+/m1/s1. The zero-order valence-corrected chi connectivity index (χ0v) is 24.5. The van der Waals surface area contributed by atoms with Crippen LogP contribution in [0.4, 0.5) is 19.0 Å². The van der Waals surface area contributed by atoms with Crippen molar-refractivity contribution in [3.05, 3.63) is 47.7 Å². The second-order valence-corrected chi connectivity index (χ2v) is 12.3. The molecule has 1 N–H and O–H groups in total. The summed E-state index contributed by atoms with van der Waals surface area (Å²) >= 11 is 0. The molecule has 0 radical (unpaired) electrons. The zero-order valence-electron chi connectivity index (χ0n) is 24.5. The number of alkyl halides is 1. The largest absolute Gasteiger partial charge is 0.508 e. The topological polar surface area (TPSA) is 98.4 Å². The number of nitriles is 1. The molecule has 44 heavy (non-hydrogen) atoms. The molecule has 7 rings (SSSR count). The normalized spacial score (nSPS) is 23.8. The molecule has 0 amide bonds. The number of hydrogen-bond acceptors (Lipinski definition) is 8. The van der Waals surface area contributed by atoms with E-state index < -0.39 is 23.3 Å². The fourth-order valence-corrected chi connectivity index (χ4v) is 7.47. The summed E-state index contributed by atoms with van der Waals surface area (Å²) in [5.41, 5.74) is 0.0828. The van der Waals surface area contributed by atoms with Gasteiger partial charge in [-0.3, -0.25) is 9.88 Å². The Morgan fingerprint density at radius 1 is 1.16 bits per heavy atom. The highest BCUT2D eigenvalue weighted by molar-refractivity contribution is 6.01. The summed E-state index contributed by atoms with van der Waals surface area (Å²) in [6.07, 6.45) is 4.57. The number of pyridine rings is 1. The third-order valence-corrected chi connectivity index (χ3v) is 9.54. The van der Waals surface area contributed by atoms with Gasteiger partial charge in [-0.05, 0) is 73.2 Å². The van der Waals surface area contributed by atoms with Crippen molar-refractivity contribution >= 4 is 27.5 Å². The van der Waals surface area contributed by atoms with Crippen molar-refractivity contribution in [1.82, 2.24) is 19.9 Å². The molecule has 0 bridgehead atoms. The first kappa shape index (κ1) is 28.6. The quantitative estimate of drug-likeness (QED) is 0.283. The van der Waals surface area contributed by atoms with E-state index in [1.807, 2.05) is 11.8 Å². The van der Waals surface area contributed by atoms with Crippen LogP contribution >= 0.6 is 0 Å². The second kappa shape index (κ2) is 11.1. The van der Waals surface area contributed by atoms with Crippen LogP contribution < -0.4 is 9.64 Å². The molecule has 4 aromatic rings. The maximum atomic E-state index is 16.7. The van der Waals surface area contributed by atoms with Crippen LogP contribution in [0.5, 0.6) is 11.8 Å². The maximum Gasteiger partial charge on any atom is 0.319 e. The summed E-state index contributed by atoms with van der Waals surface area (Å²) < 4.78 is 52.2. The van der Waals surface area contributed by atoms with Gasteiger partial charge in [-0.2, -0.15) is 15.2 Å². The Bertz CT molecular complexity index is 1810. The monoisotopic (exact) mass is 602 g/mol. The zero-order chi connectivity index (χ0) is 30.6. The van der Waals surface area contributed by atoms with Gasteiger partial charge in [0.25, 0.3) is 0 Å². The fourth-order valence-electron chi connectivity index (χ4n) is 7.47. The summed E-state index contributed by atoms with van der Waals surface area (Å²) in [5, 5.41) is 21.5. The van der Waals surface area contributed by atoms with Gasteiger partial charge >= 0.3 is 6.01 Å². The van der Waals surface area contributed by atoms with Crippen LogP contribution in [0.15, 0.2) is 30.5 Å². The molecule has 0 saturated carbocycles. The van der Waals surface area contributed by atoms with Crippen LogP contribution in [-0.2, 0) is 6.42 Å². The van der Waals surface area contributed by atoms with Crippen molar-refractivity contribution in [2.24, 2.45) is 5.92 Å². The molecular formula is C33H33F3N6O2. The molecule has 3 saturated heterocycles. The minimum Gasteiger partial charge on any atom is -0.508 e. The maximum absolute atomic E-state index is 16.7. The Hall–Kier alpha value is -4.17. The molecule has 2 aromatic heterocycles. The summed E-state index contributed by atoms with van der Waals surface area (Å²) in [5.74, 6) is -1.07. The van der Waals surface area contributed by atoms with Gasteiger partial charge in [-0.1, -0.05) is 13.0 Å². The van der Waals surface area contributed by atoms with Crippen molar-refractivity contribution in [2.45, 2.75) is 57.2 Å². The molecule has 3 fully saturated rings. The second-order valence-electron chi connectivity index (χ2n) is 12.3. The van der Waals surface area contributed by atoms with Crippen molar-refractivity contribution in [3.63, 3.8) is 0 Å². The number of rotatable bonds is 6. The van der Waals surface area contributed by atoms with E-state index >= 15 is 4.39 Å². The highest BCUT2D eigenvalue weighted by Gasteiger charge is 2.49. The van der Waals surface area contributed by atoms with Gasteiger partial charge in [0.15, 0.2) is 5.82 Å². The average molecular weight is 603 g/mol. The Labute approximate surface area is 253 Å². The highest BCUT2D eigenvalue weighted by Crippen LogP contribution is 2.42. The van der Waals surface area contributed by atoms with Crippen molar-refractivity contribution in [3.8, 4) is 29.1 Å². The average Bonchev–Trinajstić information content (AvgIpc) is 3.55. The first-order valence-electron chi connectivity index (χ1n) is 15.3. The number of fused-ring (bicyclic) bond motifs is 3. The molecule has 11 heteroatoms. The molecule has 5 heterocycles. The molecule has 228 valence electrons. The number of aromatic nitrogens is 3. The summed E-state index contributed by atoms with van der Waals surface area (Å²) in [6.45, 7) is 4.20. The van der Waals surface area contributed by atoms with Gasteiger partial charge in [0.2, 0.25) is 0 Å². The van der Waals surface area contributed by atoms with Crippen molar-refractivity contribution < 1.29 is 23.0 Å². The number of aryl methyl sites for hydroxylation is 1.